The predicted molar refractivity (Wildman–Crippen MR) is 62.8 cm³/mol. The molecule has 2 fully saturated rings. The molecule has 0 saturated carbocycles. The zero-order valence-corrected chi connectivity index (χ0v) is 10.8. The van der Waals surface area contributed by atoms with Crippen LogP contribution in [-0.4, -0.2) is 42.9 Å². The number of hydrogen-bond donors (Lipinski definition) is 1. The molecule has 1 N–H and O–H groups in total. The smallest absolute Gasteiger partial charge is 0.449 e. The summed E-state index contributed by atoms with van der Waals surface area (Å²) in [5.74, 6) is -0.428. The van der Waals surface area contributed by atoms with Gasteiger partial charge < -0.3 is 14.3 Å². The molecule has 4 nitrogen and oxygen atoms in total. The lowest BCUT2D eigenvalue weighted by Gasteiger charge is -2.24. The van der Waals surface area contributed by atoms with Crippen LogP contribution in [0.5, 0.6) is 0 Å². The summed E-state index contributed by atoms with van der Waals surface area (Å²) in [7, 11) is 0. The van der Waals surface area contributed by atoms with Crippen LogP contribution in [0.3, 0.4) is 0 Å². The van der Waals surface area contributed by atoms with Crippen LogP contribution in [0.25, 0.3) is 0 Å². The molecular weight excluding hydrogens is 275 g/mol. The van der Waals surface area contributed by atoms with E-state index in [1.54, 1.807) is 0 Å². The van der Waals surface area contributed by atoms with E-state index in [9.17, 15) is 18.3 Å². The molecule has 0 spiro atoms. The molecule has 0 radical (unpaired) electrons. The Morgan fingerprint density at radius 1 is 1.40 bits per heavy atom. The Labute approximate surface area is 114 Å². The van der Waals surface area contributed by atoms with Gasteiger partial charge in [0.2, 0.25) is 5.76 Å². The van der Waals surface area contributed by atoms with Crippen molar-refractivity contribution in [1.29, 1.82) is 0 Å². The number of nitrogens with zero attached hydrogens (tertiary/aromatic N) is 1. The second-order valence-corrected chi connectivity index (χ2v) is 5.67. The van der Waals surface area contributed by atoms with Gasteiger partial charge in [0, 0.05) is 24.4 Å². The van der Waals surface area contributed by atoms with Gasteiger partial charge in [0.15, 0.2) is 0 Å². The number of halogens is 3. The van der Waals surface area contributed by atoms with Crippen molar-refractivity contribution in [3.63, 3.8) is 0 Å². The first-order chi connectivity index (χ1) is 9.43. The van der Waals surface area contributed by atoms with E-state index in [0.717, 1.165) is 6.07 Å². The van der Waals surface area contributed by atoms with Crippen molar-refractivity contribution < 1.29 is 27.4 Å². The number of fused-ring (bicyclic) bond motifs is 1. The summed E-state index contributed by atoms with van der Waals surface area (Å²) in [6.07, 6.45) is -4.44. The highest BCUT2D eigenvalue weighted by molar-refractivity contribution is 5.11. The van der Waals surface area contributed by atoms with Crippen molar-refractivity contribution in [1.82, 2.24) is 4.90 Å². The summed E-state index contributed by atoms with van der Waals surface area (Å²) in [6, 6.07) is 2.32. The fourth-order valence-corrected chi connectivity index (χ4v) is 3.12. The summed E-state index contributed by atoms with van der Waals surface area (Å²) < 4.78 is 47.6. The zero-order valence-electron chi connectivity index (χ0n) is 10.8. The van der Waals surface area contributed by atoms with Gasteiger partial charge in [0.1, 0.15) is 5.76 Å². The molecular formula is C13H16F3NO3. The lowest BCUT2D eigenvalue weighted by Crippen LogP contribution is -2.34. The third-order valence-electron chi connectivity index (χ3n) is 4.23. The molecule has 2 atom stereocenters. The van der Waals surface area contributed by atoms with Crippen LogP contribution in [0.4, 0.5) is 13.2 Å². The van der Waals surface area contributed by atoms with E-state index in [1.165, 1.54) is 6.07 Å². The third-order valence-corrected chi connectivity index (χ3v) is 4.23. The van der Waals surface area contributed by atoms with Gasteiger partial charge in [-0.15, -0.1) is 0 Å². The Bertz CT molecular complexity index is 487. The van der Waals surface area contributed by atoms with Gasteiger partial charge in [-0.05, 0) is 12.1 Å². The van der Waals surface area contributed by atoms with E-state index in [1.807, 2.05) is 4.90 Å². The van der Waals surface area contributed by atoms with E-state index in [0.29, 0.717) is 38.6 Å². The van der Waals surface area contributed by atoms with Crippen LogP contribution in [0.15, 0.2) is 16.5 Å². The molecule has 3 rings (SSSR count). The summed E-state index contributed by atoms with van der Waals surface area (Å²) in [6.45, 7) is 2.81. The largest absolute Gasteiger partial charge is 0.455 e. The Morgan fingerprint density at radius 3 is 2.80 bits per heavy atom. The molecule has 0 aliphatic carbocycles. The highest BCUT2D eigenvalue weighted by atomic mass is 19.4. The molecule has 2 saturated heterocycles. The molecule has 20 heavy (non-hydrogen) atoms. The molecule has 1 aromatic heterocycles. The van der Waals surface area contributed by atoms with Crippen LogP contribution in [0, 0.1) is 11.3 Å². The number of aliphatic hydroxyl groups excluding tert-OH is 1. The van der Waals surface area contributed by atoms with Crippen LogP contribution < -0.4 is 0 Å². The number of alkyl halides is 3. The minimum Gasteiger partial charge on any atom is -0.455 e. The lowest BCUT2D eigenvalue weighted by atomic mass is 9.82. The minimum absolute atomic E-state index is 0.0418. The summed E-state index contributed by atoms with van der Waals surface area (Å²) >= 11 is 0. The Kier molecular flexibility index (Phi) is 3.30. The number of ether oxygens (including phenoxy) is 1. The predicted octanol–water partition coefficient (Wildman–Crippen LogP) is 1.74. The summed E-state index contributed by atoms with van der Waals surface area (Å²) in [4.78, 5) is 2.02. The molecule has 7 heteroatoms. The molecule has 2 aliphatic rings. The Balaban J connectivity index is 1.67. The maximum Gasteiger partial charge on any atom is 0.449 e. The first-order valence-electron chi connectivity index (χ1n) is 6.50. The standard InChI is InChI=1S/C13H16F3NO3/c14-13(15,16)11-2-1-10(20-11)4-17-3-9-5-19-8-12(9,6-17)7-18/h1-2,9,18H,3-8H2/t9-,12-/m0/s1. The van der Waals surface area contributed by atoms with E-state index >= 15 is 0 Å². The summed E-state index contributed by atoms with van der Waals surface area (Å²) in [5, 5.41) is 9.54. The fraction of sp³-hybridized carbons (Fsp3) is 0.692. The topological polar surface area (TPSA) is 45.8 Å². The highest BCUT2D eigenvalue weighted by Crippen LogP contribution is 2.41. The maximum atomic E-state index is 12.5. The number of aliphatic hydroxyl groups is 1. The molecule has 1 aromatic rings. The Hall–Kier alpha value is -1.05. The monoisotopic (exact) mass is 291 g/mol. The molecule has 0 aromatic carbocycles. The highest BCUT2D eigenvalue weighted by Gasteiger charge is 2.50. The number of rotatable bonds is 3. The van der Waals surface area contributed by atoms with Crippen molar-refractivity contribution in [2.24, 2.45) is 11.3 Å². The van der Waals surface area contributed by atoms with Gasteiger partial charge in [-0.1, -0.05) is 0 Å². The average Bonchev–Trinajstić information content (AvgIpc) is 3.01. The first-order valence-corrected chi connectivity index (χ1v) is 6.50. The number of furan rings is 1. The number of hydrogen-bond acceptors (Lipinski definition) is 4. The van der Waals surface area contributed by atoms with Crippen LogP contribution in [0.1, 0.15) is 11.5 Å². The minimum atomic E-state index is -4.44. The van der Waals surface area contributed by atoms with Crippen LogP contribution in [0.2, 0.25) is 0 Å². The van der Waals surface area contributed by atoms with Crippen molar-refractivity contribution in [2.75, 3.05) is 32.9 Å². The van der Waals surface area contributed by atoms with Gasteiger partial charge in [-0.25, -0.2) is 0 Å². The van der Waals surface area contributed by atoms with Gasteiger partial charge in [-0.3, -0.25) is 4.90 Å². The van der Waals surface area contributed by atoms with E-state index in [-0.39, 0.29) is 17.9 Å². The molecule has 2 aliphatic heterocycles. The SMILES string of the molecule is OC[C@@]12COC[C@@H]1CN(Cc1ccc(C(F)(F)F)o1)C2. The molecule has 3 heterocycles. The third kappa shape index (κ3) is 2.34. The van der Waals surface area contributed by atoms with Crippen molar-refractivity contribution >= 4 is 0 Å². The van der Waals surface area contributed by atoms with Gasteiger partial charge in [0.05, 0.1) is 26.4 Å². The van der Waals surface area contributed by atoms with Gasteiger partial charge in [-0.2, -0.15) is 13.2 Å². The van der Waals surface area contributed by atoms with Crippen molar-refractivity contribution in [3.05, 3.63) is 23.7 Å². The summed E-state index contributed by atoms with van der Waals surface area (Å²) in [5.41, 5.74) is -0.264. The normalized spacial score (nSPS) is 30.9. The second kappa shape index (κ2) is 4.75. The molecule has 112 valence electrons. The lowest BCUT2D eigenvalue weighted by molar-refractivity contribution is -0.153. The molecule has 0 bridgehead atoms. The molecule has 0 amide bonds. The average molecular weight is 291 g/mol. The number of likely N-dealkylation sites (tertiary alicyclic amines) is 1. The van der Waals surface area contributed by atoms with Crippen LogP contribution in [-0.2, 0) is 17.5 Å². The van der Waals surface area contributed by atoms with Gasteiger partial charge >= 0.3 is 6.18 Å². The first kappa shape index (κ1) is 13.9. The van der Waals surface area contributed by atoms with E-state index < -0.39 is 11.9 Å². The Morgan fingerprint density at radius 2 is 2.20 bits per heavy atom. The van der Waals surface area contributed by atoms with E-state index in [2.05, 4.69) is 0 Å². The molecule has 0 unspecified atom stereocenters. The van der Waals surface area contributed by atoms with Gasteiger partial charge in [0.25, 0.3) is 0 Å². The maximum absolute atomic E-state index is 12.5. The zero-order chi connectivity index (χ0) is 14.4. The quantitative estimate of drug-likeness (QED) is 0.921. The van der Waals surface area contributed by atoms with E-state index in [4.69, 9.17) is 9.15 Å². The second-order valence-electron chi connectivity index (χ2n) is 5.67. The van der Waals surface area contributed by atoms with Crippen LogP contribution >= 0.6 is 0 Å². The van der Waals surface area contributed by atoms with Crippen molar-refractivity contribution in [2.45, 2.75) is 12.7 Å². The van der Waals surface area contributed by atoms with Crippen molar-refractivity contribution in [3.8, 4) is 0 Å². The fourth-order valence-electron chi connectivity index (χ4n) is 3.12.